The first-order valence-corrected chi connectivity index (χ1v) is 8.48. The summed E-state index contributed by atoms with van der Waals surface area (Å²) in [5.41, 5.74) is 2.97. The van der Waals surface area contributed by atoms with Gasteiger partial charge in [0.05, 0.1) is 4.91 Å². The summed E-state index contributed by atoms with van der Waals surface area (Å²) >= 11 is 7.15. The molecule has 0 atom stereocenters. The molecular weight excluding hydrogens is 344 g/mol. The van der Waals surface area contributed by atoms with Gasteiger partial charge in [-0.1, -0.05) is 41.4 Å². The molecule has 1 heterocycles. The van der Waals surface area contributed by atoms with Crippen molar-refractivity contribution in [1.29, 1.82) is 5.41 Å². The summed E-state index contributed by atoms with van der Waals surface area (Å²) in [6, 6.07) is 13.4. The first kappa shape index (κ1) is 16.6. The van der Waals surface area contributed by atoms with Crippen LogP contribution in [0.3, 0.4) is 0 Å². The molecule has 0 unspecified atom stereocenters. The third kappa shape index (κ3) is 3.99. The Kier molecular flexibility index (Phi) is 4.92. The highest BCUT2D eigenvalue weighted by atomic mass is 35.5. The largest absolute Gasteiger partial charge is 0.488 e. The molecule has 0 aliphatic carbocycles. The molecule has 0 saturated carbocycles. The molecule has 1 amide bonds. The average molecular weight is 359 g/mol. The van der Waals surface area contributed by atoms with Gasteiger partial charge >= 0.3 is 0 Å². The van der Waals surface area contributed by atoms with Crippen LogP contribution in [-0.2, 0) is 11.4 Å². The Labute approximate surface area is 149 Å². The maximum Gasteiger partial charge on any atom is 0.264 e. The standard InChI is InChI=1S/C18H15ClN2O2S/c1-11-2-4-12(5-3-11)10-23-15-7-6-14(19)8-13(15)9-16-17(22)21-18(20)24-16/h2-9H,10H2,1H3,(H2,20,21,22)/b16-9-. The van der Waals surface area contributed by atoms with Crippen molar-refractivity contribution in [3.8, 4) is 5.75 Å². The predicted molar refractivity (Wildman–Crippen MR) is 98.4 cm³/mol. The molecule has 1 saturated heterocycles. The first-order valence-electron chi connectivity index (χ1n) is 7.28. The second-order valence-electron chi connectivity index (χ2n) is 5.35. The van der Waals surface area contributed by atoms with Gasteiger partial charge in [-0.3, -0.25) is 10.2 Å². The van der Waals surface area contributed by atoms with Crippen LogP contribution in [0, 0.1) is 12.3 Å². The van der Waals surface area contributed by atoms with Gasteiger partial charge in [-0.25, -0.2) is 0 Å². The van der Waals surface area contributed by atoms with E-state index in [1.807, 2.05) is 31.2 Å². The predicted octanol–water partition coefficient (Wildman–Crippen LogP) is 4.37. The Hall–Kier alpha value is -2.24. The number of thioether (sulfide) groups is 1. The molecule has 4 nitrogen and oxygen atoms in total. The fourth-order valence-electron chi connectivity index (χ4n) is 2.19. The third-order valence-electron chi connectivity index (χ3n) is 3.44. The molecule has 0 aromatic heterocycles. The summed E-state index contributed by atoms with van der Waals surface area (Å²) < 4.78 is 5.89. The topological polar surface area (TPSA) is 62.2 Å². The van der Waals surface area contributed by atoms with E-state index in [9.17, 15) is 4.79 Å². The van der Waals surface area contributed by atoms with E-state index >= 15 is 0 Å². The second-order valence-corrected chi connectivity index (χ2v) is 6.84. The minimum atomic E-state index is -0.283. The molecule has 2 aromatic carbocycles. The molecule has 24 heavy (non-hydrogen) atoms. The number of nitrogens with one attached hydrogen (secondary N) is 2. The highest BCUT2D eigenvalue weighted by Crippen LogP contribution is 2.31. The van der Waals surface area contributed by atoms with Crippen LogP contribution in [0.5, 0.6) is 5.75 Å². The number of rotatable bonds is 4. The van der Waals surface area contributed by atoms with E-state index in [4.69, 9.17) is 21.7 Å². The number of hydrogen-bond acceptors (Lipinski definition) is 4. The number of amides is 1. The molecule has 122 valence electrons. The quantitative estimate of drug-likeness (QED) is 0.798. The molecule has 1 fully saturated rings. The number of halogens is 1. The van der Waals surface area contributed by atoms with Crippen LogP contribution >= 0.6 is 23.4 Å². The number of benzene rings is 2. The van der Waals surface area contributed by atoms with Crippen molar-refractivity contribution in [3.63, 3.8) is 0 Å². The van der Waals surface area contributed by atoms with Crippen molar-refractivity contribution >= 4 is 40.5 Å². The lowest BCUT2D eigenvalue weighted by Crippen LogP contribution is -2.18. The smallest absolute Gasteiger partial charge is 0.264 e. The molecule has 2 N–H and O–H groups in total. The summed E-state index contributed by atoms with van der Waals surface area (Å²) in [6.07, 6.45) is 1.69. The van der Waals surface area contributed by atoms with Crippen LogP contribution < -0.4 is 10.1 Å². The fourth-order valence-corrected chi connectivity index (χ4v) is 3.07. The molecule has 0 spiro atoms. The van der Waals surface area contributed by atoms with Gasteiger partial charge in [-0.15, -0.1) is 0 Å². The fraction of sp³-hybridized carbons (Fsp3) is 0.111. The van der Waals surface area contributed by atoms with Gasteiger partial charge in [0.2, 0.25) is 0 Å². The van der Waals surface area contributed by atoms with E-state index in [2.05, 4.69) is 5.32 Å². The lowest BCUT2D eigenvalue weighted by atomic mass is 10.1. The Morgan fingerprint density at radius 3 is 2.67 bits per heavy atom. The van der Waals surface area contributed by atoms with Crippen LogP contribution in [0.4, 0.5) is 0 Å². The van der Waals surface area contributed by atoms with Crippen molar-refractivity contribution < 1.29 is 9.53 Å². The molecular formula is C18H15ClN2O2S. The van der Waals surface area contributed by atoms with Crippen LogP contribution in [0.2, 0.25) is 5.02 Å². The van der Waals surface area contributed by atoms with Crippen molar-refractivity contribution in [2.24, 2.45) is 0 Å². The number of hydrogen-bond donors (Lipinski definition) is 2. The minimum Gasteiger partial charge on any atom is -0.488 e. The molecule has 1 aliphatic heterocycles. The number of carbonyl (C=O) groups excluding carboxylic acids is 1. The van der Waals surface area contributed by atoms with E-state index in [1.54, 1.807) is 24.3 Å². The monoisotopic (exact) mass is 358 g/mol. The Bertz CT molecular complexity index is 831. The number of carbonyl (C=O) groups is 1. The summed E-state index contributed by atoms with van der Waals surface area (Å²) in [6.45, 7) is 2.46. The van der Waals surface area contributed by atoms with Gasteiger partial charge in [0.15, 0.2) is 5.17 Å². The molecule has 0 radical (unpaired) electrons. The normalized spacial score (nSPS) is 15.7. The van der Waals surface area contributed by atoms with E-state index in [0.29, 0.717) is 27.8 Å². The number of ether oxygens (including phenoxy) is 1. The van der Waals surface area contributed by atoms with Crippen LogP contribution in [-0.4, -0.2) is 11.1 Å². The van der Waals surface area contributed by atoms with Gasteiger partial charge in [-0.2, -0.15) is 0 Å². The lowest BCUT2D eigenvalue weighted by molar-refractivity contribution is -0.115. The maximum absolute atomic E-state index is 11.8. The molecule has 0 bridgehead atoms. The highest BCUT2D eigenvalue weighted by molar-refractivity contribution is 8.18. The van der Waals surface area contributed by atoms with Crippen LogP contribution in [0.15, 0.2) is 47.4 Å². The van der Waals surface area contributed by atoms with Crippen molar-refractivity contribution in [2.75, 3.05) is 0 Å². The maximum atomic E-state index is 11.8. The minimum absolute atomic E-state index is 0.121. The van der Waals surface area contributed by atoms with Crippen molar-refractivity contribution in [1.82, 2.24) is 5.32 Å². The Balaban J connectivity index is 1.83. The zero-order valence-electron chi connectivity index (χ0n) is 12.9. The van der Waals surface area contributed by atoms with E-state index in [0.717, 1.165) is 17.3 Å². The van der Waals surface area contributed by atoms with Crippen molar-refractivity contribution in [3.05, 3.63) is 69.1 Å². The zero-order chi connectivity index (χ0) is 17.1. The second kappa shape index (κ2) is 7.11. The van der Waals surface area contributed by atoms with Gasteiger partial charge in [0, 0.05) is 10.6 Å². The molecule has 6 heteroatoms. The first-order chi connectivity index (χ1) is 11.5. The van der Waals surface area contributed by atoms with Gasteiger partial charge < -0.3 is 10.1 Å². The van der Waals surface area contributed by atoms with E-state index in [-0.39, 0.29) is 11.1 Å². The summed E-state index contributed by atoms with van der Waals surface area (Å²) in [7, 11) is 0. The number of aryl methyl sites for hydroxylation is 1. The third-order valence-corrected chi connectivity index (χ3v) is 4.50. The van der Waals surface area contributed by atoms with Gasteiger partial charge in [0.1, 0.15) is 12.4 Å². The van der Waals surface area contributed by atoms with Crippen molar-refractivity contribution in [2.45, 2.75) is 13.5 Å². The molecule has 2 aromatic rings. The number of amidine groups is 1. The summed E-state index contributed by atoms with van der Waals surface area (Å²) in [5, 5.41) is 10.6. The highest BCUT2D eigenvalue weighted by Gasteiger charge is 2.22. The van der Waals surface area contributed by atoms with E-state index in [1.165, 1.54) is 5.56 Å². The SMILES string of the molecule is Cc1ccc(COc2ccc(Cl)cc2/C=C2\SC(=N)NC2=O)cc1. The van der Waals surface area contributed by atoms with Crippen LogP contribution in [0.25, 0.3) is 6.08 Å². The van der Waals surface area contributed by atoms with E-state index < -0.39 is 0 Å². The zero-order valence-corrected chi connectivity index (χ0v) is 14.5. The Morgan fingerprint density at radius 2 is 2.00 bits per heavy atom. The Morgan fingerprint density at radius 1 is 1.25 bits per heavy atom. The van der Waals surface area contributed by atoms with Gasteiger partial charge in [-0.05, 0) is 48.5 Å². The van der Waals surface area contributed by atoms with Crippen LogP contribution in [0.1, 0.15) is 16.7 Å². The lowest BCUT2D eigenvalue weighted by Gasteiger charge is -2.10. The average Bonchev–Trinajstić information content (AvgIpc) is 2.86. The van der Waals surface area contributed by atoms with Gasteiger partial charge in [0.25, 0.3) is 5.91 Å². The molecule has 3 rings (SSSR count). The summed E-state index contributed by atoms with van der Waals surface area (Å²) in [4.78, 5) is 12.2. The summed E-state index contributed by atoms with van der Waals surface area (Å²) in [5.74, 6) is 0.355. The molecule has 1 aliphatic rings.